The van der Waals surface area contributed by atoms with Crippen LogP contribution in [0.4, 0.5) is 8.78 Å². The molecule has 0 radical (unpaired) electrons. The van der Waals surface area contributed by atoms with Gasteiger partial charge >= 0.3 is 0 Å². The number of rotatable bonds is 26. The second-order valence-corrected chi connectivity index (χ2v) is 11.6. The molecule has 0 aromatic heterocycles. The number of hydrogen-bond donors (Lipinski definition) is 4. The van der Waals surface area contributed by atoms with Gasteiger partial charge in [-0.05, 0) is 69.9 Å². The molecule has 4 N–H and O–H groups in total. The third kappa shape index (κ3) is 19.9. The predicted octanol–water partition coefficient (Wildman–Crippen LogP) is 7.63. The second-order valence-electron chi connectivity index (χ2n) is 11.6. The zero-order chi connectivity index (χ0) is 30.0. The molecule has 6 nitrogen and oxygen atoms in total. The normalized spacial score (nSPS) is 17.7. The molecule has 0 unspecified atom stereocenters. The summed E-state index contributed by atoms with van der Waals surface area (Å²) in [5.74, 6) is -3.11. The predicted molar refractivity (Wildman–Crippen MR) is 163 cm³/mol. The molecule has 0 bridgehead atoms. The molecule has 2 atom stereocenters. The highest BCUT2D eigenvalue weighted by Gasteiger charge is 2.31. The van der Waals surface area contributed by atoms with E-state index in [9.17, 15) is 18.4 Å². The van der Waals surface area contributed by atoms with Crippen molar-refractivity contribution in [1.82, 2.24) is 10.6 Å². The van der Waals surface area contributed by atoms with Gasteiger partial charge in [-0.2, -0.15) is 0 Å². The van der Waals surface area contributed by atoms with E-state index in [1.54, 1.807) is 0 Å². The summed E-state index contributed by atoms with van der Waals surface area (Å²) < 4.78 is 28.7. The third-order valence-electron chi connectivity index (χ3n) is 7.95. The summed E-state index contributed by atoms with van der Waals surface area (Å²) in [6.07, 6.45) is 24.9. The first-order chi connectivity index (χ1) is 20.0. The minimum atomic E-state index is -0.793. The smallest absolute Gasteiger partial charge is 0.279 e. The van der Waals surface area contributed by atoms with Gasteiger partial charge < -0.3 is 20.8 Å². The number of halogens is 2. The van der Waals surface area contributed by atoms with Crippen molar-refractivity contribution in [1.29, 1.82) is 0 Å². The largest absolute Gasteiger partial charge is 0.396 e. The molecule has 41 heavy (non-hydrogen) atoms. The van der Waals surface area contributed by atoms with Crippen LogP contribution < -0.4 is 10.6 Å². The van der Waals surface area contributed by atoms with Gasteiger partial charge in [-0.15, -0.1) is 0 Å². The molecule has 238 valence electrons. The molecule has 0 heterocycles. The zero-order valence-corrected chi connectivity index (χ0v) is 25.5. The van der Waals surface area contributed by atoms with E-state index in [1.807, 2.05) is 0 Å². The minimum Gasteiger partial charge on any atom is -0.396 e. The lowest BCUT2D eigenvalue weighted by Gasteiger charge is -2.21. The van der Waals surface area contributed by atoms with E-state index in [4.69, 9.17) is 10.2 Å². The van der Waals surface area contributed by atoms with Crippen LogP contribution in [-0.2, 0) is 9.59 Å². The Labute approximate surface area is 247 Å². The van der Waals surface area contributed by atoms with E-state index in [-0.39, 0.29) is 13.2 Å². The van der Waals surface area contributed by atoms with Crippen LogP contribution in [0.15, 0.2) is 23.8 Å². The number of amides is 2. The third-order valence-corrected chi connectivity index (χ3v) is 7.95. The van der Waals surface area contributed by atoms with Gasteiger partial charge in [0, 0.05) is 25.3 Å². The average Bonchev–Trinajstić information content (AvgIpc) is 3.40. The van der Waals surface area contributed by atoms with Gasteiger partial charge in [0.05, 0.1) is 0 Å². The summed E-state index contributed by atoms with van der Waals surface area (Å²) in [4.78, 5) is 24.7. The molecule has 2 amide bonds. The van der Waals surface area contributed by atoms with Crippen molar-refractivity contribution in [2.45, 2.75) is 160 Å². The number of unbranched alkanes of at least 4 members (excludes halogenated alkanes) is 18. The fourth-order valence-corrected chi connectivity index (χ4v) is 5.41. The summed E-state index contributed by atoms with van der Waals surface area (Å²) in [6.45, 7) is 0.542. The number of aliphatic hydroxyl groups is 2. The summed E-state index contributed by atoms with van der Waals surface area (Å²) in [5, 5.41) is 22.9. The SMILES string of the molecule is O=C(N[C@H]1CCC[C@H]1NC(=O)/C(F)=C/CCCCCCCCCCCO)/C(F)=C/CCCCCCCCCCCO. The monoisotopic (exact) mass is 584 g/mol. The lowest BCUT2D eigenvalue weighted by atomic mass is 10.1. The fraction of sp³-hybridized carbons (Fsp3) is 0.818. The van der Waals surface area contributed by atoms with Crippen molar-refractivity contribution >= 4 is 11.8 Å². The molecule has 0 saturated heterocycles. The first-order valence-electron chi connectivity index (χ1n) is 16.5. The van der Waals surface area contributed by atoms with Gasteiger partial charge in [-0.3, -0.25) is 9.59 Å². The molecule has 1 aliphatic carbocycles. The molecule has 8 heteroatoms. The Bertz CT molecular complexity index is 685. The van der Waals surface area contributed by atoms with Crippen molar-refractivity contribution < 1.29 is 28.6 Å². The van der Waals surface area contributed by atoms with Crippen LogP contribution in [0, 0.1) is 0 Å². The van der Waals surface area contributed by atoms with Crippen LogP contribution in [0.25, 0.3) is 0 Å². The van der Waals surface area contributed by atoms with Crippen LogP contribution in [0.3, 0.4) is 0 Å². The number of allylic oxidation sites excluding steroid dienone is 2. The van der Waals surface area contributed by atoms with E-state index in [0.29, 0.717) is 25.7 Å². The first kappa shape index (κ1) is 37.2. The average molecular weight is 585 g/mol. The highest BCUT2D eigenvalue weighted by atomic mass is 19.1. The minimum absolute atomic E-state index is 0.271. The van der Waals surface area contributed by atoms with E-state index in [1.165, 1.54) is 37.8 Å². The molecule has 0 spiro atoms. The van der Waals surface area contributed by atoms with Crippen LogP contribution in [0.1, 0.15) is 148 Å². The molecule has 0 aromatic carbocycles. The van der Waals surface area contributed by atoms with Crippen LogP contribution >= 0.6 is 0 Å². The second kappa shape index (κ2) is 25.9. The summed E-state index contributed by atoms with van der Waals surface area (Å²) in [6, 6.07) is -0.807. The maximum Gasteiger partial charge on any atom is 0.279 e. The van der Waals surface area contributed by atoms with Crippen LogP contribution in [0.2, 0.25) is 0 Å². The Hall–Kier alpha value is -1.80. The molecule has 1 aliphatic rings. The standard InChI is InChI=1S/C33H58F2N2O4/c34-28(22-17-13-9-5-1-3-7-11-15-19-26-38)32(40)36-30-24-21-25-31(30)37-33(41)29(35)23-18-14-10-6-2-4-8-12-16-20-27-39/h22-23,30-31,38-39H,1-21,24-27H2,(H,36,40)(H,37,41)/b28-22-,29-23-/t30-,31+. The fourth-order valence-electron chi connectivity index (χ4n) is 5.41. The Morgan fingerprint density at radius 1 is 0.537 bits per heavy atom. The maximum absolute atomic E-state index is 14.3. The number of carbonyl (C=O) groups excluding carboxylic acids is 2. The van der Waals surface area contributed by atoms with Crippen LogP contribution in [0.5, 0.6) is 0 Å². The highest BCUT2D eigenvalue weighted by Crippen LogP contribution is 2.21. The highest BCUT2D eigenvalue weighted by molar-refractivity contribution is 5.92. The van der Waals surface area contributed by atoms with Gasteiger partial charge in [0.25, 0.3) is 11.8 Å². The van der Waals surface area contributed by atoms with Gasteiger partial charge in [0.15, 0.2) is 11.7 Å². The summed E-state index contributed by atoms with van der Waals surface area (Å²) in [7, 11) is 0. The van der Waals surface area contributed by atoms with Crippen molar-refractivity contribution in [3.63, 3.8) is 0 Å². The number of aliphatic hydroxyl groups excluding tert-OH is 2. The van der Waals surface area contributed by atoms with E-state index in [2.05, 4.69) is 10.6 Å². The Kier molecular flexibility index (Phi) is 23.5. The quantitative estimate of drug-likeness (QED) is 0.0620. The number of hydrogen-bond acceptors (Lipinski definition) is 4. The lowest BCUT2D eigenvalue weighted by molar-refractivity contribution is -0.122. The Morgan fingerprint density at radius 2 is 0.829 bits per heavy atom. The van der Waals surface area contributed by atoms with Gasteiger partial charge in [-0.1, -0.05) is 89.9 Å². The van der Waals surface area contributed by atoms with Crippen LogP contribution in [-0.4, -0.2) is 47.3 Å². The topological polar surface area (TPSA) is 98.7 Å². The van der Waals surface area contributed by atoms with E-state index in [0.717, 1.165) is 96.3 Å². The summed E-state index contributed by atoms with van der Waals surface area (Å²) in [5.41, 5.74) is 0. The van der Waals surface area contributed by atoms with Crippen molar-refractivity contribution in [2.75, 3.05) is 13.2 Å². The van der Waals surface area contributed by atoms with E-state index >= 15 is 0 Å². The van der Waals surface area contributed by atoms with Crippen molar-refractivity contribution in [3.8, 4) is 0 Å². The van der Waals surface area contributed by atoms with Crippen molar-refractivity contribution in [2.24, 2.45) is 0 Å². The molecular formula is C33H58F2N2O4. The molecule has 0 aromatic rings. The Morgan fingerprint density at radius 3 is 1.15 bits per heavy atom. The van der Waals surface area contributed by atoms with E-state index < -0.39 is 35.6 Å². The lowest BCUT2D eigenvalue weighted by Crippen LogP contribution is -2.48. The van der Waals surface area contributed by atoms with Gasteiger partial charge in [-0.25, -0.2) is 8.78 Å². The molecule has 0 aliphatic heterocycles. The number of carbonyl (C=O) groups is 2. The maximum atomic E-state index is 14.3. The molecule has 1 saturated carbocycles. The zero-order valence-electron chi connectivity index (χ0n) is 25.5. The molecule has 1 rings (SSSR count). The first-order valence-corrected chi connectivity index (χ1v) is 16.5. The molecular weight excluding hydrogens is 526 g/mol. The summed E-state index contributed by atoms with van der Waals surface area (Å²) >= 11 is 0. The van der Waals surface area contributed by atoms with Gasteiger partial charge in [0.2, 0.25) is 0 Å². The molecule has 1 fully saturated rings. The Balaban J connectivity index is 2.19. The number of nitrogens with one attached hydrogen (secondary N) is 2. The van der Waals surface area contributed by atoms with Crippen molar-refractivity contribution in [3.05, 3.63) is 23.8 Å². The van der Waals surface area contributed by atoms with Gasteiger partial charge in [0.1, 0.15) is 0 Å².